The fourth-order valence-corrected chi connectivity index (χ4v) is 1.11. The molecule has 2 heteroatoms. The van der Waals surface area contributed by atoms with Crippen molar-refractivity contribution in [2.24, 2.45) is 0 Å². The lowest BCUT2D eigenvalue weighted by Gasteiger charge is -2.09. The molecular weight excluding hydrogens is 152 g/mol. The van der Waals surface area contributed by atoms with Gasteiger partial charge in [-0.3, -0.25) is 4.79 Å². The average molecular weight is 166 g/mol. The number of ether oxygens (including phenoxy) is 1. The molecule has 2 nitrogen and oxygen atoms in total. The van der Waals surface area contributed by atoms with Crippen LogP contribution in [0, 0.1) is 0 Å². The largest absolute Gasteiger partial charge is 0.493 e. The van der Waals surface area contributed by atoms with E-state index in [1.165, 1.54) is 0 Å². The molecular formula is C10H14O2. The third kappa shape index (κ3) is 2.91. The minimum absolute atomic E-state index is 0.263. The van der Waals surface area contributed by atoms with Gasteiger partial charge in [-0.2, -0.15) is 0 Å². The molecule has 0 bridgehead atoms. The fraction of sp³-hybridized carbons (Fsp3) is 0.500. The molecule has 1 heterocycles. The number of allylic oxidation sites excluding steroid dienone is 3. The summed E-state index contributed by atoms with van der Waals surface area (Å²) >= 11 is 0. The minimum atomic E-state index is 0.263. The van der Waals surface area contributed by atoms with E-state index in [0.717, 1.165) is 12.2 Å². The van der Waals surface area contributed by atoms with E-state index in [9.17, 15) is 4.79 Å². The highest BCUT2D eigenvalue weighted by atomic mass is 16.5. The van der Waals surface area contributed by atoms with Crippen LogP contribution in [0.15, 0.2) is 24.0 Å². The zero-order valence-corrected chi connectivity index (χ0v) is 7.38. The maximum absolute atomic E-state index is 11.2. The van der Waals surface area contributed by atoms with Gasteiger partial charge < -0.3 is 4.74 Å². The van der Waals surface area contributed by atoms with Crippen LogP contribution in [0.4, 0.5) is 0 Å². The van der Waals surface area contributed by atoms with Gasteiger partial charge in [-0.25, -0.2) is 0 Å². The van der Waals surface area contributed by atoms with Gasteiger partial charge in [0.2, 0.25) is 0 Å². The first-order chi connectivity index (χ1) is 5.83. The molecule has 0 saturated heterocycles. The molecule has 0 aromatic heterocycles. The number of rotatable bonds is 4. The van der Waals surface area contributed by atoms with Gasteiger partial charge in [0.25, 0.3) is 0 Å². The zero-order chi connectivity index (χ0) is 8.81. The van der Waals surface area contributed by atoms with Crippen LogP contribution in [0.5, 0.6) is 0 Å². The van der Waals surface area contributed by atoms with Gasteiger partial charge in [-0.1, -0.05) is 13.0 Å². The Labute approximate surface area is 72.9 Å². The molecule has 12 heavy (non-hydrogen) atoms. The number of carbonyl (C=O) groups excluding carboxylic acids is 1. The molecule has 0 spiro atoms. The van der Waals surface area contributed by atoms with Crippen molar-refractivity contribution in [3.8, 4) is 0 Å². The quantitative estimate of drug-likeness (QED) is 0.640. The normalized spacial score (nSPS) is 15.2. The Morgan fingerprint density at radius 3 is 3.08 bits per heavy atom. The number of hydrogen-bond acceptors (Lipinski definition) is 2. The van der Waals surface area contributed by atoms with Crippen LogP contribution >= 0.6 is 0 Å². The van der Waals surface area contributed by atoms with Crippen molar-refractivity contribution in [1.82, 2.24) is 0 Å². The SMILES string of the molecule is CCCC(=O)CC1=CC=CCO1. The van der Waals surface area contributed by atoms with Gasteiger partial charge in [0.05, 0.1) is 6.42 Å². The summed E-state index contributed by atoms with van der Waals surface area (Å²) in [5.74, 6) is 1.06. The Bertz CT molecular complexity index is 214. The molecule has 1 aliphatic rings. The van der Waals surface area contributed by atoms with Gasteiger partial charge in [0.15, 0.2) is 0 Å². The third-order valence-electron chi connectivity index (χ3n) is 1.68. The van der Waals surface area contributed by atoms with E-state index in [1.807, 2.05) is 25.2 Å². The second kappa shape index (κ2) is 4.75. The van der Waals surface area contributed by atoms with E-state index in [-0.39, 0.29) is 5.78 Å². The van der Waals surface area contributed by atoms with Crippen molar-refractivity contribution in [1.29, 1.82) is 0 Å². The molecule has 66 valence electrons. The molecule has 0 N–H and O–H groups in total. The molecule has 0 aromatic carbocycles. The highest BCUT2D eigenvalue weighted by molar-refractivity contribution is 5.80. The van der Waals surface area contributed by atoms with Crippen LogP contribution in [0.2, 0.25) is 0 Å². The molecule has 0 unspecified atom stereocenters. The molecule has 0 fully saturated rings. The second-order valence-electron chi connectivity index (χ2n) is 2.84. The highest BCUT2D eigenvalue weighted by Gasteiger charge is 2.06. The van der Waals surface area contributed by atoms with Crippen molar-refractivity contribution < 1.29 is 9.53 Å². The number of ketones is 1. The monoisotopic (exact) mass is 166 g/mol. The van der Waals surface area contributed by atoms with Crippen LogP contribution in [0.25, 0.3) is 0 Å². The van der Waals surface area contributed by atoms with Crippen LogP contribution in [-0.2, 0) is 9.53 Å². The Kier molecular flexibility index (Phi) is 3.58. The second-order valence-corrected chi connectivity index (χ2v) is 2.84. The minimum Gasteiger partial charge on any atom is -0.493 e. The van der Waals surface area contributed by atoms with Crippen LogP contribution in [0.3, 0.4) is 0 Å². The van der Waals surface area contributed by atoms with Gasteiger partial charge >= 0.3 is 0 Å². The van der Waals surface area contributed by atoms with E-state index < -0.39 is 0 Å². The van der Waals surface area contributed by atoms with Gasteiger partial charge in [-0.15, -0.1) is 0 Å². The van der Waals surface area contributed by atoms with Crippen molar-refractivity contribution in [3.63, 3.8) is 0 Å². The Hall–Kier alpha value is -1.05. The lowest BCUT2D eigenvalue weighted by molar-refractivity contribution is -0.119. The van der Waals surface area contributed by atoms with E-state index in [0.29, 0.717) is 19.4 Å². The van der Waals surface area contributed by atoms with E-state index in [4.69, 9.17) is 4.74 Å². The van der Waals surface area contributed by atoms with Gasteiger partial charge in [0, 0.05) is 6.42 Å². The number of hydrogen-bond donors (Lipinski definition) is 0. The van der Waals surface area contributed by atoms with E-state index in [1.54, 1.807) is 0 Å². The molecule has 0 aromatic rings. The van der Waals surface area contributed by atoms with Crippen molar-refractivity contribution in [2.75, 3.05) is 6.61 Å². The molecule has 0 atom stereocenters. The Morgan fingerprint density at radius 2 is 2.50 bits per heavy atom. The molecule has 0 aliphatic carbocycles. The predicted octanol–water partition coefficient (Wildman–Crippen LogP) is 2.22. The molecule has 0 saturated carbocycles. The van der Waals surface area contributed by atoms with Crippen LogP contribution < -0.4 is 0 Å². The first-order valence-electron chi connectivity index (χ1n) is 4.33. The summed E-state index contributed by atoms with van der Waals surface area (Å²) in [6, 6.07) is 0. The lowest BCUT2D eigenvalue weighted by atomic mass is 10.1. The summed E-state index contributed by atoms with van der Waals surface area (Å²) in [5, 5.41) is 0. The molecule has 0 radical (unpaired) electrons. The average Bonchev–Trinajstić information content (AvgIpc) is 2.06. The molecule has 1 rings (SSSR count). The molecule has 1 aliphatic heterocycles. The summed E-state index contributed by atoms with van der Waals surface area (Å²) in [5.41, 5.74) is 0. The van der Waals surface area contributed by atoms with Crippen molar-refractivity contribution in [3.05, 3.63) is 24.0 Å². The predicted molar refractivity (Wildman–Crippen MR) is 47.7 cm³/mol. The molecule has 0 amide bonds. The first kappa shape index (κ1) is 9.04. The van der Waals surface area contributed by atoms with E-state index >= 15 is 0 Å². The fourth-order valence-electron chi connectivity index (χ4n) is 1.11. The summed E-state index contributed by atoms with van der Waals surface area (Å²) in [7, 11) is 0. The smallest absolute Gasteiger partial charge is 0.140 e. The zero-order valence-electron chi connectivity index (χ0n) is 7.38. The van der Waals surface area contributed by atoms with Gasteiger partial charge in [0.1, 0.15) is 18.1 Å². The summed E-state index contributed by atoms with van der Waals surface area (Å²) in [6.07, 6.45) is 7.74. The van der Waals surface area contributed by atoms with Crippen LogP contribution in [0.1, 0.15) is 26.2 Å². The maximum Gasteiger partial charge on any atom is 0.140 e. The van der Waals surface area contributed by atoms with Crippen molar-refractivity contribution >= 4 is 5.78 Å². The first-order valence-corrected chi connectivity index (χ1v) is 4.33. The number of carbonyl (C=O) groups is 1. The maximum atomic E-state index is 11.2. The Balaban J connectivity index is 2.34. The Morgan fingerprint density at radius 1 is 1.67 bits per heavy atom. The van der Waals surface area contributed by atoms with Crippen LogP contribution in [-0.4, -0.2) is 12.4 Å². The van der Waals surface area contributed by atoms with Crippen molar-refractivity contribution in [2.45, 2.75) is 26.2 Å². The van der Waals surface area contributed by atoms with Gasteiger partial charge in [-0.05, 0) is 18.6 Å². The number of Topliss-reactive ketones (excluding diaryl/α,β-unsaturated/α-hetero) is 1. The topological polar surface area (TPSA) is 26.3 Å². The lowest BCUT2D eigenvalue weighted by Crippen LogP contribution is -2.04. The summed E-state index contributed by atoms with van der Waals surface area (Å²) in [6.45, 7) is 2.61. The third-order valence-corrected chi connectivity index (χ3v) is 1.68. The standard InChI is InChI=1S/C10H14O2/c1-2-5-9(11)8-10-6-3-4-7-12-10/h3-4,6H,2,5,7-8H2,1H3. The summed E-state index contributed by atoms with van der Waals surface area (Å²) in [4.78, 5) is 11.2. The summed E-state index contributed by atoms with van der Waals surface area (Å²) < 4.78 is 5.25. The highest BCUT2D eigenvalue weighted by Crippen LogP contribution is 2.10. The van der Waals surface area contributed by atoms with E-state index in [2.05, 4.69) is 0 Å².